The normalized spacial score (nSPS) is 9.22. The van der Waals surface area contributed by atoms with E-state index in [0.717, 1.165) is 6.07 Å². The Hall–Kier alpha value is -2.48. The van der Waals surface area contributed by atoms with E-state index >= 15 is 0 Å². The summed E-state index contributed by atoms with van der Waals surface area (Å²) in [5.41, 5.74) is -0.953. The van der Waals surface area contributed by atoms with Crippen LogP contribution in [0.2, 0.25) is 0 Å². The number of aryl methyl sites for hydroxylation is 1. The minimum atomic E-state index is -1.66. The Morgan fingerprint density at radius 3 is 2.28 bits per heavy atom. The standard InChI is InChI=1S/C10H10N2O5.H3N/c1-5-3-4-7(10(14)15)9(12(16)17)8(5)11-6(2)13;/h3-4H,1-2H3,(H,11,13)(H,14,15);1H3. The Balaban J connectivity index is 0.00000289. The fraction of sp³-hybridized carbons (Fsp3) is 0.200. The minimum Gasteiger partial charge on any atom is -0.545 e. The van der Waals surface area contributed by atoms with Gasteiger partial charge in [-0.2, -0.15) is 0 Å². The van der Waals surface area contributed by atoms with Crippen molar-refractivity contribution in [3.63, 3.8) is 0 Å². The molecule has 18 heavy (non-hydrogen) atoms. The maximum absolute atomic E-state index is 10.9. The zero-order valence-corrected chi connectivity index (χ0v) is 10.1. The molecule has 0 saturated heterocycles. The predicted octanol–water partition coefficient (Wildman–Crippen LogP) is 0.601. The number of carboxylic acids is 1. The summed E-state index contributed by atoms with van der Waals surface area (Å²) in [5, 5.41) is 23.8. The highest BCUT2D eigenvalue weighted by Gasteiger charge is 2.23. The molecule has 0 radical (unpaired) electrons. The molecule has 0 spiro atoms. The van der Waals surface area contributed by atoms with E-state index in [9.17, 15) is 24.8 Å². The van der Waals surface area contributed by atoms with E-state index in [-0.39, 0.29) is 11.8 Å². The first-order chi connectivity index (χ1) is 7.84. The molecule has 1 aromatic carbocycles. The van der Waals surface area contributed by atoms with Crippen LogP contribution in [0.4, 0.5) is 11.4 Å². The Morgan fingerprint density at radius 1 is 1.33 bits per heavy atom. The fourth-order valence-corrected chi connectivity index (χ4v) is 1.38. The highest BCUT2D eigenvalue weighted by atomic mass is 16.6. The summed E-state index contributed by atoms with van der Waals surface area (Å²) in [7, 11) is 0. The summed E-state index contributed by atoms with van der Waals surface area (Å²) < 4.78 is 0. The predicted molar refractivity (Wildman–Crippen MR) is 62.5 cm³/mol. The molecule has 0 unspecified atom stereocenters. The summed E-state index contributed by atoms with van der Waals surface area (Å²) in [6, 6.07) is 2.44. The second-order valence-corrected chi connectivity index (χ2v) is 3.38. The first-order valence-electron chi connectivity index (χ1n) is 4.61. The quantitative estimate of drug-likeness (QED) is 0.599. The molecule has 0 saturated carbocycles. The van der Waals surface area contributed by atoms with Gasteiger partial charge in [0, 0.05) is 6.92 Å². The van der Waals surface area contributed by atoms with Crippen molar-refractivity contribution in [3.8, 4) is 0 Å². The van der Waals surface area contributed by atoms with Crippen molar-refractivity contribution in [1.82, 2.24) is 6.15 Å². The molecule has 1 aromatic rings. The third kappa shape index (κ3) is 3.01. The number of hydrogen-bond acceptors (Lipinski definition) is 5. The largest absolute Gasteiger partial charge is 0.545 e. The van der Waals surface area contributed by atoms with Gasteiger partial charge in [0.15, 0.2) is 0 Å². The zero-order chi connectivity index (χ0) is 13.2. The topological polar surface area (TPSA) is 149 Å². The SMILES string of the molecule is CC(=O)Nc1c(C)ccc(C(=O)[O-])c1[N+](=O)[O-].[NH4+]. The van der Waals surface area contributed by atoms with Gasteiger partial charge in [0.2, 0.25) is 5.91 Å². The van der Waals surface area contributed by atoms with Crippen LogP contribution in [0.1, 0.15) is 22.8 Å². The van der Waals surface area contributed by atoms with Gasteiger partial charge in [-0.15, -0.1) is 0 Å². The van der Waals surface area contributed by atoms with Crippen LogP contribution in [0.5, 0.6) is 0 Å². The lowest BCUT2D eigenvalue weighted by atomic mass is 10.1. The maximum Gasteiger partial charge on any atom is 0.301 e. The van der Waals surface area contributed by atoms with E-state index in [4.69, 9.17) is 0 Å². The van der Waals surface area contributed by atoms with Crippen molar-refractivity contribution in [1.29, 1.82) is 0 Å². The van der Waals surface area contributed by atoms with Crippen LogP contribution in [0.25, 0.3) is 0 Å². The number of amides is 1. The molecule has 8 nitrogen and oxygen atoms in total. The van der Waals surface area contributed by atoms with Crippen molar-refractivity contribution in [2.45, 2.75) is 13.8 Å². The molecule has 0 aliphatic rings. The number of nitrogens with one attached hydrogen (secondary N) is 1. The van der Waals surface area contributed by atoms with E-state index in [1.165, 1.54) is 19.9 Å². The van der Waals surface area contributed by atoms with Crippen molar-refractivity contribution in [2.75, 3.05) is 5.32 Å². The van der Waals surface area contributed by atoms with Crippen molar-refractivity contribution < 1.29 is 19.6 Å². The molecule has 8 heteroatoms. The number of nitro groups is 1. The van der Waals surface area contributed by atoms with Gasteiger partial charge in [0.25, 0.3) is 0 Å². The van der Waals surface area contributed by atoms with Crippen LogP contribution in [-0.2, 0) is 4.79 Å². The Labute approximate surface area is 102 Å². The first kappa shape index (κ1) is 15.5. The lowest BCUT2D eigenvalue weighted by Crippen LogP contribution is -2.24. The van der Waals surface area contributed by atoms with Crippen molar-refractivity contribution in [3.05, 3.63) is 33.4 Å². The van der Waals surface area contributed by atoms with Crippen LogP contribution in [0, 0.1) is 17.0 Å². The van der Waals surface area contributed by atoms with Gasteiger partial charge in [-0.25, -0.2) is 0 Å². The average Bonchev–Trinajstić information content (AvgIpc) is 2.19. The Morgan fingerprint density at radius 2 is 1.89 bits per heavy atom. The summed E-state index contributed by atoms with van der Waals surface area (Å²) in [6.45, 7) is 2.70. The van der Waals surface area contributed by atoms with Gasteiger partial charge < -0.3 is 21.4 Å². The third-order valence-corrected chi connectivity index (χ3v) is 2.09. The second kappa shape index (κ2) is 5.73. The lowest BCUT2D eigenvalue weighted by Gasteiger charge is -2.11. The lowest BCUT2D eigenvalue weighted by molar-refractivity contribution is -0.384. The number of anilines is 1. The van der Waals surface area contributed by atoms with Gasteiger partial charge in [0.05, 0.1) is 16.5 Å². The molecule has 1 amide bonds. The summed E-state index contributed by atoms with van der Waals surface area (Å²) in [5.74, 6) is -2.19. The molecule has 0 bridgehead atoms. The molecular formula is C10H13N3O5. The average molecular weight is 255 g/mol. The van der Waals surface area contributed by atoms with Crippen LogP contribution in [0.15, 0.2) is 12.1 Å². The molecule has 0 aromatic heterocycles. The highest BCUT2D eigenvalue weighted by Crippen LogP contribution is 2.31. The molecule has 0 aliphatic heterocycles. The van der Waals surface area contributed by atoms with Crippen molar-refractivity contribution in [2.24, 2.45) is 0 Å². The summed E-state index contributed by atoms with van der Waals surface area (Å²) in [4.78, 5) is 31.7. The molecule has 98 valence electrons. The number of carbonyl (C=O) groups is 2. The van der Waals surface area contributed by atoms with Crippen LogP contribution < -0.4 is 16.6 Å². The molecule has 0 aliphatic carbocycles. The molecule has 0 fully saturated rings. The number of rotatable bonds is 3. The van der Waals surface area contributed by atoms with Gasteiger partial charge in [-0.3, -0.25) is 14.9 Å². The van der Waals surface area contributed by atoms with Gasteiger partial charge in [-0.1, -0.05) is 6.07 Å². The number of carboxylic acid groups (broad SMARTS) is 1. The van der Waals surface area contributed by atoms with E-state index < -0.39 is 28.1 Å². The zero-order valence-electron chi connectivity index (χ0n) is 10.1. The molecular weight excluding hydrogens is 242 g/mol. The monoisotopic (exact) mass is 255 g/mol. The molecule has 0 atom stereocenters. The molecule has 1 rings (SSSR count). The number of nitrogens with zero attached hydrogens (tertiary/aromatic N) is 1. The van der Waals surface area contributed by atoms with Gasteiger partial charge in [0.1, 0.15) is 5.69 Å². The number of quaternary nitrogens is 1. The number of carbonyl (C=O) groups excluding carboxylic acids is 2. The van der Waals surface area contributed by atoms with E-state index in [2.05, 4.69) is 5.32 Å². The van der Waals surface area contributed by atoms with E-state index in [1.807, 2.05) is 0 Å². The second-order valence-electron chi connectivity index (χ2n) is 3.38. The van der Waals surface area contributed by atoms with E-state index in [0.29, 0.717) is 5.56 Å². The fourth-order valence-electron chi connectivity index (χ4n) is 1.38. The minimum absolute atomic E-state index is 0. The number of benzene rings is 1. The summed E-state index contributed by atoms with van der Waals surface area (Å²) >= 11 is 0. The maximum atomic E-state index is 10.9. The Bertz CT molecular complexity index is 512. The van der Waals surface area contributed by atoms with Crippen LogP contribution >= 0.6 is 0 Å². The number of aromatic carboxylic acids is 1. The number of hydrogen-bond donors (Lipinski definition) is 2. The molecule has 5 N–H and O–H groups in total. The molecule has 0 heterocycles. The smallest absolute Gasteiger partial charge is 0.301 e. The highest BCUT2D eigenvalue weighted by molar-refractivity contribution is 5.99. The van der Waals surface area contributed by atoms with Crippen LogP contribution in [0.3, 0.4) is 0 Å². The Kier molecular flexibility index (Phi) is 4.94. The van der Waals surface area contributed by atoms with Gasteiger partial charge >= 0.3 is 5.69 Å². The van der Waals surface area contributed by atoms with Gasteiger partial charge in [-0.05, 0) is 18.6 Å². The number of nitro benzene ring substituents is 1. The summed E-state index contributed by atoms with van der Waals surface area (Å²) in [6.07, 6.45) is 0. The van der Waals surface area contributed by atoms with Crippen molar-refractivity contribution >= 4 is 23.3 Å². The van der Waals surface area contributed by atoms with E-state index in [1.54, 1.807) is 0 Å². The first-order valence-corrected chi connectivity index (χ1v) is 4.61. The third-order valence-electron chi connectivity index (χ3n) is 2.09. The van der Waals surface area contributed by atoms with Crippen LogP contribution in [-0.4, -0.2) is 16.8 Å².